The van der Waals surface area contributed by atoms with Crippen molar-refractivity contribution in [3.63, 3.8) is 0 Å². The van der Waals surface area contributed by atoms with Gasteiger partial charge in [-0.1, -0.05) is 13.3 Å². The molecule has 3 N–H and O–H groups in total. The number of nitrogens with two attached hydrogens (primary N) is 1. The average molecular weight is 363 g/mol. The topological polar surface area (TPSA) is 89.3 Å². The fraction of sp³-hybridized carbons (Fsp3) is 0.462. The molecule has 0 radical (unpaired) electrons. The Morgan fingerprint density at radius 2 is 2.10 bits per heavy atom. The van der Waals surface area contributed by atoms with Crippen LogP contribution in [0, 0.1) is 0 Å². The Kier molecular flexibility index (Phi) is 6.01. The number of nitrogens with one attached hydrogen (secondary N) is 1. The molecule has 112 valence electrons. The Labute approximate surface area is 128 Å². The van der Waals surface area contributed by atoms with Gasteiger partial charge < -0.3 is 11.1 Å². The number of carbonyl (C=O) groups is 1. The van der Waals surface area contributed by atoms with E-state index < -0.39 is 21.0 Å². The van der Waals surface area contributed by atoms with Gasteiger partial charge in [0, 0.05) is 16.7 Å². The van der Waals surface area contributed by atoms with Crippen LogP contribution < -0.4 is 11.1 Å². The SMILES string of the molecule is CCCCNC(=O)C(C)S(=O)(=O)c1ccc(N)cc1Br. The van der Waals surface area contributed by atoms with Crippen LogP contribution in [-0.2, 0) is 14.6 Å². The van der Waals surface area contributed by atoms with Crippen molar-refractivity contribution in [2.75, 3.05) is 12.3 Å². The molecule has 0 aliphatic heterocycles. The first-order chi connectivity index (χ1) is 9.30. The standard InChI is InChI=1S/C13H19BrN2O3S/c1-3-4-7-16-13(17)9(2)20(18,19)12-6-5-10(15)8-11(12)14/h5-6,8-9H,3-4,7,15H2,1-2H3,(H,16,17). The normalized spacial score (nSPS) is 12.9. The molecule has 1 aromatic carbocycles. The summed E-state index contributed by atoms with van der Waals surface area (Å²) in [5.41, 5.74) is 6.04. The third-order valence-electron chi connectivity index (χ3n) is 2.93. The summed E-state index contributed by atoms with van der Waals surface area (Å²) in [5, 5.41) is 1.49. The first kappa shape index (κ1) is 17.0. The van der Waals surface area contributed by atoms with E-state index in [1.54, 1.807) is 0 Å². The molecule has 20 heavy (non-hydrogen) atoms. The molecule has 7 heteroatoms. The van der Waals surface area contributed by atoms with Gasteiger partial charge in [-0.05, 0) is 47.5 Å². The lowest BCUT2D eigenvalue weighted by atomic mass is 10.3. The van der Waals surface area contributed by atoms with Gasteiger partial charge in [-0.2, -0.15) is 0 Å². The number of hydrogen-bond acceptors (Lipinski definition) is 4. The lowest BCUT2D eigenvalue weighted by Gasteiger charge is -2.14. The van der Waals surface area contributed by atoms with Gasteiger partial charge in [0.25, 0.3) is 0 Å². The second kappa shape index (κ2) is 7.08. The van der Waals surface area contributed by atoms with E-state index in [9.17, 15) is 13.2 Å². The van der Waals surface area contributed by atoms with Gasteiger partial charge in [0.05, 0.1) is 4.90 Å². The van der Waals surface area contributed by atoms with Gasteiger partial charge in [-0.15, -0.1) is 0 Å². The quantitative estimate of drug-likeness (QED) is 0.598. The minimum atomic E-state index is -3.74. The van der Waals surface area contributed by atoms with E-state index >= 15 is 0 Å². The van der Waals surface area contributed by atoms with E-state index in [0.29, 0.717) is 16.7 Å². The molecule has 1 aromatic rings. The number of amides is 1. The molecule has 1 amide bonds. The van der Waals surface area contributed by atoms with Crippen LogP contribution in [0.5, 0.6) is 0 Å². The Morgan fingerprint density at radius 1 is 1.45 bits per heavy atom. The van der Waals surface area contributed by atoms with E-state index in [0.717, 1.165) is 12.8 Å². The maximum absolute atomic E-state index is 12.4. The maximum Gasteiger partial charge on any atom is 0.238 e. The van der Waals surface area contributed by atoms with Gasteiger partial charge in [-0.25, -0.2) is 8.42 Å². The first-order valence-electron chi connectivity index (χ1n) is 6.37. The second-order valence-electron chi connectivity index (χ2n) is 4.52. The van der Waals surface area contributed by atoms with Gasteiger partial charge in [0.2, 0.25) is 5.91 Å². The summed E-state index contributed by atoms with van der Waals surface area (Å²) < 4.78 is 25.2. The third kappa shape index (κ3) is 3.96. The zero-order chi connectivity index (χ0) is 15.3. The monoisotopic (exact) mass is 362 g/mol. The molecule has 1 rings (SSSR count). The van der Waals surface area contributed by atoms with Crippen LogP contribution in [0.1, 0.15) is 26.7 Å². The van der Waals surface area contributed by atoms with Crippen LogP contribution >= 0.6 is 15.9 Å². The van der Waals surface area contributed by atoms with Crippen molar-refractivity contribution < 1.29 is 13.2 Å². The van der Waals surface area contributed by atoms with Gasteiger partial charge >= 0.3 is 0 Å². The predicted octanol–water partition coefficient (Wildman–Crippen LogP) is 2.11. The van der Waals surface area contributed by atoms with E-state index in [1.165, 1.54) is 25.1 Å². The fourth-order valence-corrected chi connectivity index (χ4v) is 4.02. The van der Waals surface area contributed by atoms with Crippen LogP contribution in [-0.4, -0.2) is 26.1 Å². The third-order valence-corrected chi connectivity index (χ3v) is 5.96. The lowest BCUT2D eigenvalue weighted by molar-refractivity contribution is -0.120. The number of benzene rings is 1. The number of sulfone groups is 1. The van der Waals surface area contributed by atoms with Crippen LogP contribution in [0.4, 0.5) is 5.69 Å². The number of hydrogen-bond donors (Lipinski definition) is 2. The van der Waals surface area contributed by atoms with Gasteiger partial charge in [0.1, 0.15) is 5.25 Å². The summed E-state index contributed by atoms with van der Waals surface area (Å²) in [5.74, 6) is -0.484. The van der Waals surface area contributed by atoms with Crippen molar-refractivity contribution >= 4 is 37.4 Å². The van der Waals surface area contributed by atoms with Crippen LogP contribution in [0.15, 0.2) is 27.6 Å². The van der Waals surface area contributed by atoms with Crippen molar-refractivity contribution in [2.24, 2.45) is 0 Å². The van der Waals surface area contributed by atoms with Crippen LogP contribution in [0.25, 0.3) is 0 Å². The summed E-state index contributed by atoms with van der Waals surface area (Å²) in [6, 6.07) is 4.42. The molecule has 1 unspecified atom stereocenters. The number of nitrogen functional groups attached to an aromatic ring is 1. The minimum absolute atomic E-state index is 0.0739. The van der Waals surface area contributed by atoms with Crippen molar-refractivity contribution in [1.29, 1.82) is 0 Å². The van der Waals surface area contributed by atoms with E-state index in [4.69, 9.17) is 5.73 Å². The number of unbranched alkanes of at least 4 members (excludes halogenated alkanes) is 1. The van der Waals surface area contributed by atoms with E-state index in [-0.39, 0.29) is 4.90 Å². The highest BCUT2D eigenvalue weighted by Crippen LogP contribution is 2.27. The molecule has 0 heterocycles. The summed E-state index contributed by atoms with van der Waals surface area (Å²) in [4.78, 5) is 12.0. The molecule has 5 nitrogen and oxygen atoms in total. The molecule has 0 fully saturated rings. The predicted molar refractivity (Wildman–Crippen MR) is 83.1 cm³/mol. The number of carbonyl (C=O) groups excluding carboxylic acids is 1. The zero-order valence-electron chi connectivity index (χ0n) is 11.5. The van der Waals surface area contributed by atoms with Gasteiger partial charge in [0.15, 0.2) is 9.84 Å². The summed E-state index contributed by atoms with van der Waals surface area (Å²) in [7, 11) is -3.74. The lowest BCUT2D eigenvalue weighted by Crippen LogP contribution is -2.38. The molecular weight excluding hydrogens is 344 g/mol. The fourth-order valence-electron chi connectivity index (χ4n) is 1.61. The maximum atomic E-state index is 12.4. The Bertz CT molecular complexity index is 587. The van der Waals surface area contributed by atoms with E-state index in [1.807, 2.05) is 6.92 Å². The molecule has 1 atom stereocenters. The molecule has 0 aliphatic carbocycles. The molecule has 0 spiro atoms. The van der Waals surface area contributed by atoms with Crippen molar-refractivity contribution in [2.45, 2.75) is 36.8 Å². The summed E-state index contributed by atoms with van der Waals surface area (Å²) in [6.45, 7) is 3.87. The largest absolute Gasteiger partial charge is 0.399 e. The molecule has 0 saturated carbocycles. The summed E-state index contributed by atoms with van der Waals surface area (Å²) in [6.07, 6.45) is 1.76. The second-order valence-corrected chi connectivity index (χ2v) is 7.61. The highest BCUT2D eigenvalue weighted by atomic mass is 79.9. The van der Waals surface area contributed by atoms with Crippen LogP contribution in [0.2, 0.25) is 0 Å². The summed E-state index contributed by atoms with van der Waals surface area (Å²) >= 11 is 3.17. The van der Waals surface area contributed by atoms with Crippen LogP contribution in [0.3, 0.4) is 0 Å². The highest BCUT2D eigenvalue weighted by Gasteiger charge is 2.31. The average Bonchev–Trinajstić information content (AvgIpc) is 2.37. The highest BCUT2D eigenvalue weighted by molar-refractivity contribution is 9.10. The number of rotatable bonds is 6. The van der Waals surface area contributed by atoms with Crippen molar-refractivity contribution in [1.82, 2.24) is 5.32 Å². The van der Waals surface area contributed by atoms with E-state index in [2.05, 4.69) is 21.2 Å². The Morgan fingerprint density at radius 3 is 2.65 bits per heavy atom. The first-order valence-corrected chi connectivity index (χ1v) is 8.71. The van der Waals surface area contributed by atoms with Gasteiger partial charge in [-0.3, -0.25) is 4.79 Å². The Hall–Kier alpha value is -1.08. The minimum Gasteiger partial charge on any atom is -0.399 e. The number of anilines is 1. The molecule has 0 aliphatic rings. The van der Waals surface area contributed by atoms with Crippen molar-refractivity contribution in [3.05, 3.63) is 22.7 Å². The number of halogens is 1. The van der Waals surface area contributed by atoms with Crippen molar-refractivity contribution in [3.8, 4) is 0 Å². The molecule has 0 aromatic heterocycles. The molecule has 0 bridgehead atoms. The molecule has 0 saturated heterocycles. The zero-order valence-corrected chi connectivity index (χ0v) is 13.9. The smallest absolute Gasteiger partial charge is 0.238 e. The molecular formula is C13H19BrN2O3S. The Balaban J connectivity index is 2.95.